The normalized spacial score (nSPS) is 12.7. The van der Waals surface area contributed by atoms with Crippen LogP contribution in [0.2, 0.25) is 5.02 Å². The quantitative estimate of drug-likeness (QED) is 0.633. The van der Waals surface area contributed by atoms with Crippen molar-refractivity contribution in [1.29, 1.82) is 0 Å². The van der Waals surface area contributed by atoms with E-state index in [1.165, 1.54) is 0 Å². The fourth-order valence-electron chi connectivity index (χ4n) is 3.41. The third kappa shape index (κ3) is 4.20. The molecular weight excluding hydrogens is 386 g/mol. The lowest BCUT2D eigenvalue weighted by Crippen LogP contribution is -2.51. The summed E-state index contributed by atoms with van der Waals surface area (Å²) in [5.74, 6) is 0.763. The molecule has 150 valence electrons. The number of rotatable bonds is 6. The van der Waals surface area contributed by atoms with Crippen LogP contribution in [0.3, 0.4) is 0 Å². The van der Waals surface area contributed by atoms with E-state index in [9.17, 15) is 4.79 Å². The van der Waals surface area contributed by atoms with Crippen molar-refractivity contribution in [3.05, 3.63) is 94.8 Å². The number of urea groups is 1. The molecule has 29 heavy (non-hydrogen) atoms. The van der Waals surface area contributed by atoms with Gasteiger partial charge >= 0.3 is 6.03 Å². The predicted molar refractivity (Wildman–Crippen MR) is 115 cm³/mol. The molecule has 6 heteroatoms. The second kappa shape index (κ2) is 8.97. The Morgan fingerprint density at radius 1 is 1.10 bits per heavy atom. The van der Waals surface area contributed by atoms with Crippen molar-refractivity contribution in [3.63, 3.8) is 0 Å². The van der Waals surface area contributed by atoms with Crippen LogP contribution in [-0.4, -0.2) is 30.1 Å². The maximum absolute atomic E-state index is 13.1. The minimum absolute atomic E-state index is 0.228. The van der Waals surface area contributed by atoms with Gasteiger partial charge in [-0.15, -0.1) is 0 Å². The van der Waals surface area contributed by atoms with E-state index in [2.05, 4.69) is 10.3 Å². The smallest absolute Gasteiger partial charge is 0.318 e. The van der Waals surface area contributed by atoms with E-state index in [0.717, 1.165) is 22.6 Å². The first kappa shape index (κ1) is 20.7. The van der Waals surface area contributed by atoms with Crippen LogP contribution in [-0.2, 0) is 12.1 Å². The van der Waals surface area contributed by atoms with Crippen molar-refractivity contribution in [2.24, 2.45) is 0 Å². The maximum Gasteiger partial charge on any atom is 0.318 e. The van der Waals surface area contributed by atoms with Crippen LogP contribution in [0.15, 0.2) is 72.9 Å². The fraction of sp³-hybridized carbons (Fsp3) is 0.217. The number of ether oxygens (including phenoxy) is 1. The molecule has 3 rings (SSSR count). The summed E-state index contributed by atoms with van der Waals surface area (Å²) in [6, 6.07) is 20.6. The van der Waals surface area contributed by atoms with Gasteiger partial charge in [0.2, 0.25) is 0 Å². The second-order valence-corrected chi connectivity index (χ2v) is 7.16. The molecule has 0 aliphatic heterocycles. The summed E-state index contributed by atoms with van der Waals surface area (Å²) in [6.45, 7) is 2.33. The summed E-state index contributed by atoms with van der Waals surface area (Å²) < 4.78 is 5.24. The summed E-state index contributed by atoms with van der Waals surface area (Å²) in [5.41, 5.74) is 1.60. The number of pyridine rings is 1. The summed E-state index contributed by atoms with van der Waals surface area (Å²) in [5, 5.41) is 3.34. The molecule has 1 atom stereocenters. The molecule has 2 aromatic carbocycles. The van der Waals surface area contributed by atoms with Gasteiger partial charge in [0.25, 0.3) is 0 Å². The summed E-state index contributed by atoms with van der Waals surface area (Å²) >= 11 is 6.59. The summed E-state index contributed by atoms with van der Waals surface area (Å²) in [7, 11) is 3.25. The molecule has 0 saturated heterocycles. The topological polar surface area (TPSA) is 54.5 Å². The molecule has 1 aromatic heterocycles. The molecule has 0 aliphatic carbocycles. The number of nitrogens with one attached hydrogen (secondary N) is 1. The van der Waals surface area contributed by atoms with Gasteiger partial charge in [-0.3, -0.25) is 4.98 Å². The number of carbonyl (C=O) groups excluding carboxylic acids is 1. The fourth-order valence-corrected chi connectivity index (χ4v) is 3.73. The first-order valence-corrected chi connectivity index (χ1v) is 9.67. The van der Waals surface area contributed by atoms with Gasteiger partial charge in [-0.2, -0.15) is 0 Å². The maximum atomic E-state index is 13.1. The van der Waals surface area contributed by atoms with Gasteiger partial charge in [0, 0.05) is 30.4 Å². The molecule has 0 fully saturated rings. The van der Waals surface area contributed by atoms with Gasteiger partial charge in [0.05, 0.1) is 12.8 Å². The highest BCUT2D eigenvalue weighted by Gasteiger charge is 2.41. The minimum atomic E-state index is -0.889. The number of nitrogens with zero attached hydrogens (tertiary/aromatic N) is 2. The molecule has 0 radical (unpaired) electrons. The zero-order valence-corrected chi connectivity index (χ0v) is 17.5. The van der Waals surface area contributed by atoms with Crippen LogP contribution < -0.4 is 10.1 Å². The van der Waals surface area contributed by atoms with Crippen molar-refractivity contribution in [2.75, 3.05) is 14.2 Å². The first-order chi connectivity index (χ1) is 14.0. The molecular formula is C23H24ClN3O2. The molecule has 1 N–H and O–H groups in total. The third-order valence-corrected chi connectivity index (χ3v) is 5.39. The number of methoxy groups -OCH3 is 1. The Morgan fingerprint density at radius 2 is 1.79 bits per heavy atom. The molecule has 1 heterocycles. The third-order valence-electron chi connectivity index (χ3n) is 5.06. The van der Waals surface area contributed by atoms with Gasteiger partial charge in [-0.05, 0) is 42.8 Å². The van der Waals surface area contributed by atoms with Crippen molar-refractivity contribution in [3.8, 4) is 5.75 Å². The van der Waals surface area contributed by atoms with E-state index in [4.69, 9.17) is 16.3 Å². The molecule has 0 unspecified atom stereocenters. The zero-order chi connectivity index (χ0) is 20.9. The lowest BCUT2D eigenvalue weighted by molar-refractivity contribution is 0.140. The van der Waals surface area contributed by atoms with Crippen molar-refractivity contribution >= 4 is 17.6 Å². The molecule has 5 nitrogen and oxygen atoms in total. The van der Waals surface area contributed by atoms with Gasteiger partial charge < -0.3 is 15.0 Å². The number of carbonyl (C=O) groups is 1. The highest BCUT2D eigenvalue weighted by atomic mass is 35.5. The van der Waals surface area contributed by atoms with Crippen LogP contribution in [0.4, 0.5) is 4.79 Å². The lowest BCUT2D eigenvalue weighted by atomic mass is 9.85. The van der Waals surface area contributed by atoms with Gasteiger partial charge in [-0.25, -0.2) is 4.79 Å². The van der Waals surface area contributed by atoms with Crippen LogP contribution in [0, 0.1) is 0 Å². The van der Waals surface area contributed by atoms with Crippen LogP contribution in [0.1, 0.15) is 23.7 Å². The van der Waals surface area contributed by atoms with E-state index in [1.54, 1.807) is 25.3 Å². The van der Waals surface area contributed by atoms with Crippen LogP contribution in [0.5, 0.6) is 5.75 Å². The summed E-state index contributed by atoms with van der Waals surface area (Å²) in [4.78, 5) is 19.4. The first-order valence-electron chi connectivity index (χ1n) is 9.29. The van der Waals surface area contributed by atoms with Gasteiger partial charge in [-0.1, -0.05) is 48.0 Å². The Morgan fingerprint density at radius 3 is 2.38 bits per heavy atom. The van der Waals surface area contributed by atoms with Gasteiger partial charge in [0.1, 0.15) is 11.3 Å². The molecule has 2 amide bonds. The Labute approximate surface area is 176 Å². The van der Waals surface area contributed by atoms with Gasteiger partial charge in [0.15, 0.2) is 0 Å². The minimum Gasteiger partial charge on any atom is -0.497 e. The molecule has 0 saturated carbocycles. The van der Waals surface area contributed by atoms with Crippen molar-refractivity contribution in [1.82, 2.24) is 15.2 Å². The van der Waals surface area contributed by atoms with E-state index in [-0.39, 0.29) is 6.03 Å². The molecule has 0 aliphatic rings. The molecule has 3 aromatic rings. The van der Waals surface area contributed by atoms with Crippen molar-refractivity contribution in [2.45, 2.75) is 19.0 Å². The van der Waals surface area contributed by atoms with E-state index < -0.39 is 5.54 Å². The second-order valence-electron chi connectivity index (χ2n) is 6.76. The number of aromatic nitrogens is 1. The standard InChI is InChI=1S/C23H24ClN3O2/c1-23(21-10-6-7-15-26-21,19-8-4-5-9-20(19)24)27(22(28)25-2)16-17-11-13-18(29-3)14-12-17/h4-15H,16H2,1-3H3,(H,25,28)/t23-/m1/s1. The van der Waals surface area contributed by atoms with Crippen LogP contribution >= 0.6 is 11.6 Å². The number of hydrogen-bond acceptors (Lipinski definition) is 3. The average Bonchev–Trinajstić information content (AvgIpc) is 2.77. The molecule has 0 bridgehead atoms. The highest BCUT2D eigenvalue weighted by Crippen LogP contribution is 2.39. The van der Waals surface area contributed by atoms with Crippen LogP contribution in [0.25, 0.3) is 0 Å². The Balaban J connectivity index is 2.15. The van der Waals surface area contributed by atoms with E-state index in [1.807, 2.05) is 73.7 Å². The highest BCUT2D eigenvalue weighted by molar-refractivity contribution is 6.31. The number of hydrogen-bond donors (Lipinski definition) is 1. The molecule has 0 spiro atoms. The Kier molecular flexibility index (Phi) is 6.39. The zero-order valence-electron chi connectivity index (χ0n) is 16.7. The largest absolute Gasteiger partial charge is 0.497 e. The van der Waals surface area contributed by atoms with E-state index >= 15 is 0 Å². The summed E-state index contributed by atoms with van der Waals surface area (Å²) in [6.07, 6.45) is 1.72. The lowest BCUT2D eigenvalue weighted by Gasteiger charge is -2.41. The van der Waals surface area contributed by atoms with E-state index in [0.29, 0.717) is 11.6 Å². The predicted octanol–water partition coefficient (Wildman–Crippen LogP) is 4.85. The Bertz CT molecular complexity index is 963. The number of amides is 2. The van der Waals surface area contributed by atoms with Crippen molar-refractivity contribution < 1.29 is 9.53 Å². The Hall–Kier alpha value is -3.05. The number of halogens is 1. The average molecular weight is 410 g/mol. The monoisotopic (exact) mass is 409 g/mol. The number of benzene rings is 2. The SMILES string of the molecule is CNC(=O)N(Cc1ccc(OC)cc1)[C@@](C)(c1ccccn1)c1ccccc1Cl.